The molecule has 0 unspecified atom stereocenters. The van der Waals surface area contributed by atoms with Crippen LogP contribution in [0.4, 0.5) is 0 Å². The van der Waals surface area contributed by atoms with E-state index in [1.807, 2.05) is 75.1 Å². The lowest BCUT2D eigenvalue weighted by Gasteiger charge is -2.28. The predicted molar refractivity (Wildman–Crippen MR) is 132 cm³/mol. The Balaban J connectivity index is 1.81. The van der Waals surface area contributed by atoms with Crippen molar-refractivity contribution in [3.05, 3.63) is 93.8 Å². The lowest BCUT2D eigenvalue weighted by atomic mass is 9.98. The summed E-state index contributed by atoms with van der Waals surface area (Å²) in [7, 11) is 0. The maximum atomic E-state index is 13.7. The minimum atomic E-state index is 0.0149. The minimum Gasteiger partial charge on any atom is -0.329 e. The average molecular weight is 446 g/mol. The van der Waals surface area contributed by atoms with E-state index in [1.54, 1.807) is 0 Å². The second-order valence-corrected chi connectivity index (χ2v) is 9.07. The van der Waals surface area contributed by atoms with E-state index in [1.165, 1.54) is 0 Å². The summed E-state index contributed by atoms with van der Waals surface area (Å²) in [6.45, 7) is 10.6. The van der Waals surface area contributed by atoms with Gasteiger partial charge in [0.25, 0.3) is 5.91 Å². The van der Waals surface area contributed by atoms with Crippen LogP contribution in [0.3, 0.4) is 0 Å². The Bertz CT molecular complexity index is 1270. The maximum Gasteiger partial charge on any atom is 0.255 e. The van der Waals surface area contributed by atoms with Gasteiger partial charge in [0.2, 0.25) is 0 Å². The zero-order chi connectivity index (χ0) is 23.0. The van der Waals surface area contributed by atoms with E-state index in [9.17, 15) is 4.79 Å². The quantitative estimate of drug-likeness (QED) is 0.344. The topological polar surface area (TPSA) is 38.1 Å². The smallest absolute Gasteiger partial charge is 0.255 e. The molecule has 0 radical (unpaired) electrons. The standard InChI is InChI=1S/C27H28ClN3O/c1-17(2)30(27(32)26-19(4)14-18(3)15-20(26)5)16-25-29-23-8-6-7-9-24(23)31(25)22-12-10-21(28)11-13-22/h6-15,17H,16H2,1-5H3. The van der Waals surface area contributed by atoms with Crippen LogP contribution in [0.1, 0.15) is 46.7 Å². The van der Waals surface area contributed by atoms with Gasteiger partial charge >= 0.3 is 0 Å². The molecule has 0 bridgehead atoms. The first-order valence-corrected chi connectivity index (χ1v) is 11.2. The van der Waals surface area contributed by atoms with Crippen LogP contribution < -0.4 is 0 Å². The number of para-hydroxylation sites is 2. The fraction of sp³-hybridized carbons (Fsp3) is 0.259. The largest absolute Gasteiger partial charge is 0.329 e. The molecule has 32 heavy (non-hydrogen) atoms. The summed E-state index contributed by atoms with van der Waals surface area (Å²) in [6.07, 6.45) is 0. The zero-order valence-electron chi connectivity index (χ0n) is 19.2. The number of hydrogen-bond donors (Lipinski definition) is 0. The molecule has 1 heterocycles. The van der Waals surface area contributed by atoms with Crippen LogP contribution in [0.5, 0.6) is 0 Å². The molecule has 0 aliphatic heterocycles. The number of aryl methyl sites for hydroxylation is 3. The molecule has 0 spiro atoms. The molecule has 0 N–H and O–H groups in total. The van der Waals surface area contributed by atoms with Crippen molar-refractivity contribution in [1.29, 1.82) is 0 Å². The highest BCUT2D eigenvalue weighted by molar-refractivity contribution is 6.30. The van der Waals surface area contributed by atoms with Gasteiger partial charge in [0, 0.05) is 22.3 Å². The Morgan fingerprint density at radius 1 is 1.00 bits per heavy atom. The normalized spacial score (nSPS) is 11.3. The van der Waals surface area contributed by atoms with Gasteiger partial charge in [-0.15, -0.1) is 0 Å². The Labute approximate surface area is 194 Å². The van der Waals surface area contributed by atoms with E-state index in [0.29, 0.717) is 11.6 Å². The molecular formula is C27H28ClN3O. The van der Waals surface area contributed by atoms with Crippen LogP contribution >= 0.6 is 11.6 Å². The van der Waals surface area contributed by atoms with Crippen LogP contribution in [0.2, 0.25) is 5.02 Å². The molecule has 1 amide bonds. The summed E-state index contributed by atoms with van der Waals surface area (Å²) < 4.78 is 2.11. The molecular weight excluding hydrogens is 418 g/mol. The number of carbonyl (C=O) groups excluding carboxylic acids is 1. The van der Waals surface area contributed by atoms with Crippen LogP contribution in [-0.2, 0) is 6.54 Å². The Morgan fingerprint density at radius 3 is 2.25 bits per heavy atom. The van der Waals surface area contributed by atoms with Crippen LogP contribution in [0, 0.1) is 20.8 Å². The Hall–Kier alpha value is -3.11. The first-order valence-electron chi connectivity index (χ1n) is 10.9. The van der Waals surface area contributed by atoms with Crippen LogP contribution in [0.25, 0.3) is 16.7 Å². The highest BCUT2D eigenvalue weighted by atomic mass is 35.5. The third-order valence-electron chi connectivity index (χ3n) is 5.80. The van der Waals surface area contributed by atoms with Crippen molar-refractivity contribution < 1.29 is 4.79 Å². The van der Waals surface area contributed by atoms with Gasteiger partial charge in [0.1, 0.15) is 5.82 Å². The second-order valence-electron chi connectivity index (χ2n) is 8.63. The van der Waals surface area contributed by atoms with Crippen molar-refractivity contribution in [3.63, 3.8) is 0 Å². The summed E-state index contributed by atoms with van der Waals surface area (Å²) in [5, 5.41) is 0.684. The molecule has 4 aromatic rings. The summed E-state index contributed by atoms with van der Waals surface area (Å²) >= 11 is 6.13. The first kappa shape index (κ1) is 22.1. The number of amides is 1. The van der Waals surface area contributed by atoms with Crippen molar-refractivity contribution in [2.75, 3.05) is 0 Å². The van der Waals surface area contributed by atoms with E-state index >= 15 is 0 Å². The molecule has 5 heteroatoms. The van der Waals surface area contributed by atoms with E-state index in [2.05, 4.69) is 29.7 Å². The molecule has 4 rings (SSSR count). The van der Waals surface area contributed by atoms with Gasteiger partial charge in [0.05, 0.1) is 17.6 Å². The van der Waals surface area contributed by atoms with Gasteiger partial charge in [0.15, 0.2) is 0 Å². The molecule has 3 aromatic carbocycles. The van der Waals surface area contributed by atoms with Crippen molar-refractivity contribution in [3.8, 4) is 5.69 Å². The van der Waals surface area contributed by atoms with Crippen molar-refractivity contribution in [2.45, 2.75) is 47.2 Å². The van der Waals surface area contributed by atoms with Crippen molar-refractivity contribution in [2.24, 2.45) is 0 Å². The number of nitrogens with zero attached hydrogens (tertiary/aromatic N) is 3. The number of fused-ring (bicyclic) bond motifs is 1. The van der Waals surface area contributed by atoms with Gasteiger partial charge in [-0.05, 0) is 82.1 Å². The third kappa shape index (κ3) is 4.15. The fourth-order valence-electron chi connectivity index (χ4n) is 4.36. The number of imidazole rings is 1. The van der Waals surface area contributed by atoms with E-state index < -0.39 is 0 Å². The fourth-order valence-corrected chi connectivity index (χ4v) is 4.49. The number of benzene rings is 3. The molecule has 0 aliphatic carbocycles. The number of carbonyl (C=O) groups is 1. The zero-order valence-corrected chi connectivity index (χ0v) is 19.9. The van der Waals surface area contributed by atoms with E-state index in [-0.39, 0.29) is 11.9 Å². The maximum absolute atomic E-state index is 13.7. The molecule has 0 saturated heterocycles. The van der Waals surface area contributed by atoms with Crippen molar-refractivity contribution >= 4 is 28.5 Å². The third-order valence-corrected chi connectivity index (χ3v) is 6.05. The Morgan fingerprint density at radius 2 is 1.62 bits per heavy atom. The molecule has 0 aliphatic rings. The molecule has 0 saturated carbocycles. The minimum absolute atomic E-state index is 0.0149. The predicted octanol–water partition coefficient (Wildman–Crippen LogP) is 6.65. The number of rotatable bonds is 5. The SMILES string of the molecule is Cc1cc(C)c(C(=O)N(Cc2nc3ccccc3n2-c2ccc(Cl)cc2)C(C)C)c(C)c1. The molecule has 0 atom stereocenters. The molecule has 164 valence electrons. The van der Waals surface area contributed by atoms with Gasteiger partial charge in [-0.2, -0.15) is 0 Å². The van der Waals surface area contributed by atoms with Gasteiger partial charge in [-0.25, -0.2) is 4.98 Å². The number of hydrogen-bond acceptors (Lipinski definition) is 2. The van der Waals surface area contributed by atoms with Crippen LogP contribution in [0.15, 0.2) is 60.7 Å². The first-order chi connectivity index (χ1) is 15.3. The lowest BCUT2D eigenvalue weighted by Crippen LogP contribution is -2.38. The molecule has 1 aromatic heterocycles. The molecule has 4 nitrogen and oxygen atoms in total. The average Bonchev–Trinajstić information content (AvgIpc) is 3.09. The van der Waals surface area contributed by atoms with Crippen LogP contribution in [-0.4, -0.2) is 26.4 Å². The lowest BCUT2D eigenvalue weighted by molar-refractivity contribution is 0.0683. The summed E-state index contributed by atoms with van der Waals surface area (Å²) in [5.41, 5.74) is 6.82. The van der Waals surface area contributed by atoms with E-state index in [0.717, 1.165) is 44.8 Å². The monoisotopic (exact) mass is 445 g/mol. The van der Waals surface area contributed by atoms with E-state index in [4.69, 9.17) is 16.6 Å². The highest BCUT2D eigenvalue weighted by Gasteiger charge is 2.25. The van der Waals surface area contributed by atoms with Gasteiger partial charge in [-0.3, -0.25) is 9.36 Å². The number of halogens is 1. The second kappa shape index (κ2) is 8.79. The summed E-state index contributed by atoms with van der Waals surface area (Å²) in [6, 6.07) is 19.9. The highest BCUT2D eigenvalue weighted by Crippen LogP contribution is 2.26. The summed E-state index contributed by atoms with van der Waals surface area (Å²) in [5.74, 6) is 0.850. The summed E-state index contributed by atoms with van der Waals surface area (Å²) in [4.78, 5) is 20.5. The van der Waals surface area contributed by atoms with Gasteiger partial charge < -0.3 is 4.90 Å². The van der Waals surface area contributed by atoms with Gasteiger partial charge in [-0.1, -0.05) is 41.4 Å². The number of aromatic nitrogens is 2. The van der Waals surface area contributed by atoms with Crippen molar-refractivity contribution in [1.82, 2.24) is 14.5 Å². The molecule has 0 fully saturated rings. The Kier molecular flexibility index (Phi) is 6.07.